The first-order valence-corrected chi connectivity index (χ1v) is 7.79. The van der Waals surface area contributed by atoms with Crippen LogP contribution in [0, 0.1) is 5.92 Å². The molecule has 2 atom stereocenters. The zero-order valence-electron chi connectivity index (χ0n) is 11.6. The number of carbonyl (C=O) groups is 1. The lowest BCUT2D eigenvalue weighted by Crippen LogP contribution is -2.36. The van der Waals surface area contributed by atoms with E-state index < -0.39 is 0 Å². The lowest BCUT2D eigenvalue weighted by molar-refractivity contribution is -0.132. The fourth-order valence-corrected chi connectivity index (χ4v) is 3.39. The number of hydrogen-bond donors (Lipinski definition) is 1. The highest BCUT2D eigenvalue weighted by Gasteiger charge is 2.24. The van der Waals surface area contributed by atoms with Crippen LogP contribution in [-0.4, -0.2) is 29.9 Å². The maximum Gasteiger partial charge on any atom is 0.222 e. The third kappa shape index (κ3) is 4.27. The van der Waals surface area contributed by atoms with Crippen molar-refractivity contribution in [1.82, 2.24) is 4.90 Å². The van der Waals surface area contributed by atoms with Gasteiger partial charge >= 0.3 is 0 Å². The maximum absolute atomic E-state index is 12.3. The third-order valence-corrected chi connectivity index (χ3v) is 4.50. The molecule has 0 radical (unpaired) electrons. The summed E-state index contributed by atoms with van der Waals surface area (Å²) in [5, 5.41) is 0. The number of carbonyl (C=O) groups excluding carboxylic acids is 1. The van der Waals surface area contributed by atoms with Crippen molar-refractivity contribution < 1.29 is 4.79 Å². The minimum absolute atomic E-state index is 0.337. The summed E-state index contributed by atoms with van der Waals surface area (Å²) in [5.41, 5.74) is 6.00. The first-order chi connectivity index (χ1) is 8.75. The number of rotatable bonds is 2. The average molecular weight is 252 g/mol. The topological polar surface area (TPSA) is 46.3 Å². The van der Waals surface area contributed by atoms with Crippen molar-refractivity contribution in [3.05, 3.63) is 0 Å². The summed E-state index contributed by atoms with van der Waals surface area (Å²) >= 11 is 0. The van der Waals surface area contributed by atoms with E-state index in [0.717, 1.165) is 32.4 Å². The van der Waals surface area contributed by atoms with E-state index in [0.29, 0.717) is 17.9 Å². The fraction of sp³-hybridized carbons (Fsp3) is 0.933. The number of amides is 1. The Morgan fingerprint density at radius 1 is 1.00 bits per heavy atom. The molecule has 2 rings (SSSR count). The first-order valence-electron chi connectivity index (χ1n) is 7.79. The van der Waals surface area contributed by atoms with Crippen LogP contribution in [-0.2, 0) is 4.79 Å². The number of nitrogens with zero attached hydrogens (tertiary/aromatic N) is 1. The van der Waals surface area contributed by atoms with Gasteiger partial charge in [-0.3, -0.25) is 4.79 Å². The molecule has 2 fully saturated rings. The van der Waals surface area contributed by atoms with Gasteiger partial charge in [-0.05, 0) is 38.0 Å². The predicted octanol–water partition coefficient (Wildman–Crippen LogP) is 2.69. The van der Waals surface area contributed by atoms with Crippen molar-refractivity contribution in [3.63, 3.8) is 0 Å². The second kappa shape index (κ2) is 7.13. The van der Waals surface area contributed by atoms with Crippen LogP contribution in [0.2, 0.25) is 0 Å². The summed E-state index contributed by atoms with van der Waals surface area (Å²) in [6.07, 6.45) is 11.7. The molecule has 0 spiro atoms. The SMILES string of the molecule is NC1CCCC(CC(=O)N2CCCCCCC2)C1. The Morgan fingerprint density at radius 2 is 1.67 bits per heavy atom. The van der Waals surface area contributed by atoms with Crippen LogP contribution < -0.4 is 5.73 Å². The zero-order chi connectivity index (χ0) is 12.8. The van der Waals surface area contributed by atoms with E-state index in [-0.39, 0.29) is 0 Å². The number of hydrogen-bond acceptors (Lipinski definition) is 2. The van der Waals surface area contributed by atoms with Gasteiger partial charge in [0, 0.05) is 25.6 Å². The van der Waals surface area contributed by atoms with E-state index in [4.69, 9.17) is 5.73 Å². The van der Waals surface area contributed by atoms with E-state index in [1.165, 1.54) is 44.9 Å². The molecule has 0 bridgehead atoms. The summed E-state index contributed by atoms with van der Waals surface area (Å²) in [7, 11) is 0. The second-order valence-electron chi connectivity index (χ2n) is 6.15. The van der Waals surface area contributed by atoms with Crippen LogP contribution in [0.4, 0.5) is 0 Å². The van der Waals surface area contributed by atoms with E-state index >= 15 is 0 Å². The molecule has 104 valence electrons. The molecule has 1 amide bonds. The molecule has 0 aromatic carbocycles. The highest BCUT2D eigenvalue weighted by molar-refractivity contribution is 5.76. The molecule has 1 aliphatic heterocycles. The Morgan fingerprint density at radius 3 is 2.33 bits per heavy atom. The molecule has 3 heteroatoms. The van der Waals surface area contributed by atoms with Gasteiger partial charge < -0.3 is 10.6 Å². The van der Waals surface area contributed by atoms with Gasteiger partial charge in [0.1, 0.15) is 0 Å². The lowest BCUT2D eigenvalue weighted by Gasteiger charge is -2.30. The van der Waals surface area contributed by atoms with Gasteiger partial charge in [-0.15, -0.1) is 0 Å². The Kier molecular flexibility index (Phi) is 5.48. The molecule has 3 nitrogen and oxygen atoms in total. The lowest BCUT2D eigenvalue weighted by atomic mass is 9.84. The Bertz CT molecular complexity index is 259. The van der Waals surface area contributed by atoms with Gasteiger partial charge in [0.15, 0.2) is 0 Å². The molecule has 1 heterocycles. The van der Waals surface area contributed by atoms with Gasteiger partial charge in [0.05, 0.1) is 0 Å². The Hall–Kier alpha value is -0.570. The van der Waals surface area contributed by atoms with Crippen LogP contribution in [0.5, 0.6) is 0 Å². The predicted molar refractivity (Wildman–Crippen MR) is 74.2 cm³/mol. The molecule has 0 aromatic rings. The van der Waals surface area contributed by atoms with Crippen LogP contribution in [0.3, 0.4) is 0 Å². The molecule has 0 aromatic heterocycles. The second-order valence-corrected chi connectivity index (χ2v) is 6.15. The standard InChI is InChI=1S/C15H28N2O/c16-14-8-6-7-13(11-14)12-15(18)17-9-4-2-1-3-5-10-17/h13-14H,1-12,16H2. The van der Waals surface area contributed by atoms with Crippen LogP contribution in [0.25, 0.3) is 0 Å². The van der Waals surface area contributed by atoms with Crippen molar-refractivity contribution in [3.8, 4) is 0 Å². The Labute approximate surface area is 111 Å². The monoisotopic (exact) mass is 252 g/mol. The maximum atomic E-state index is 12.3. The molecule has 1 saturated carbocycles. The average Bonchev–Trinajstić information content (AvgIpc) is 2.28. The summed E-state index contributed by atoms with van der Waals surface area (Å²) < 4.78 is 0. The molecule has 2 N–H and O–H groups in total. The molecule has 2 aliphatic rings. The molecular weight excluding hydrogens is 224 g/mol. The van der Waals surface area contributed by atoms with Gasteiger partial charge in [0.2, 0.25) is 5.91 Å². The molecule has 18 heavy (non-hydrogen) atoms. The summed E-state index contributed by atoms with van der Waals surface area (Å²) in [4.78, 5) is 14.4. The van der Waals surface area contributed by atoms with Crippen molar-refractivity contribution >= 4 is 5.91 Å². The Balaban J connectivity index is 1.78. The number of likely N-dealkylation sites (tertiary alicyclic amines) is 1. The van der Waals surface area contributed by atoms with Gasteiger partial charge in [-0.25, -0.2) is 0 Å². The van der Waals surface area contributed by atoms with E-state index in [2.05, 4.69) is 4.90 Å². The fourth-order valence-electron chi connectivity index (χ4n) is 3.39. The van der Waals surface area contributed by atoms with E-state index in [9.17, 15) is 4.79 Å². The van der Waals surface area contributed by atoms with Gasteiger partial charge in [-0.1, -0.05) is 25.7 Å². The van der Waals surface area contributed by atoms with Crippen molar-refractivity contribution in [1.29, 1.82) is 0 Å². The van der Waals surface area contributed by atoms with Crippen molar-refractivity contribution in [2.75, 3.05) is 13.1 Å². The molecular formula is C15H28N2O. The largest absolute Gasteiger partial charge is 0.343 e. The highest BCUT2D eigenvalue weighted by atomic mass is 16.2. The summed E-state index contributed by atoms with van der Waals surface area (Å²) in [6.45, 7) is 1.97. The quantitative estimate of drug-likeness (QED) is 0.821. The summed E-state index contributed by atoms with van der Waals surface area (Å²) in [5.74, 6) is 0.933. The number of nitrogens with two attached hydrogens (primary N) is 1. The third-order valence-electron chi connectivity index (χ3n) is 4.50. The van der Waals surface area contributed by atoms with E-state index in [1.807, 2.05) is 0 Å². The summed E-state index contributed by atoms with van der Waals surface area (Å²) in [6, 6.07) is 0.337. The smallest absolute Gasteiger partial charge is 0.222 e. The van der Waals surface area contributed by atoms with E-state index in [1.54, 1.807) is 0 Å². The molecule has 1 aliphatic carbocycles. The first kappa shape index (κ1) is 13.9. The van der Waals surface area contributed by atoms with Crippen molar-refractivity contribution in [2.45, 2.75) is 70.3 Å². The van der Waals surface area contributed by atoms with Crippen molar-refractivity contribution in [2.24, 2.45) is 11.7 Å². The minimum Gasteiger partial charge on any atom is -0.343 e. The molecule has 1 saturated heterocycles. The zero-order valence-corrected chi connectivity index (χ0v) is 11.6. The minimum atomic E-state index is 0.337. The normalized spacial score (nSPS) is 30.6. The van der Waals surface area contributed by atoms with Crippen LogP contribution in [0.1, 0.15) is 64.2 Å². The van der Waals surface area contributed by atoms with Crippen LogP contribution >= 0.6 is 0 Å². The van der Waals surface area contributed by atoms with Gasteiger partial charge in [-0.2, -0.15) is 0 Å². The van der Waals surface area contributed by atoms with Gasteiger partial charge in [0.25, 0.3) is 0 Å². The molecule has 2 unspecified atom stereocenters. The highest BCUT2D eigenvalue weighted by Crippen LogP contribution is 2.26. The van der Waals surface area contributed by atoms with Crippen LogP contribution in [0.15, 0.2) is 0 Å².